The highest BCUT2D eigenvalue weighted by Gasteiger charge is 2.21. The van der Waals surface area contributed by atoms with Gasteiger partial charge in [0.2, 0.25) is 0 Å². The Hall–Kier alpha value is -2.21. The smallest absolute Gasteiger partial charge is 0.273 e. The molecule has 1 aromatic carbocycles. The second-order valence-corrected chi connectivity index (χ2v) is 6.47. The van der Waals surface area contributed by atoms with Crippen molar-refractivity contribution in [1.82, 2.24) is 20.3 Å². The normalized spacial score (nSPS) is 12.9. The van der Waals surface area contributed by atoms with Crippen LogP contribution >= 0.6 is 0 Å². The van der Waals surface area contributed by atoms with E-state index in [-0.39, 0.29) is 29.7 Å². The maximum atomic E-state index is 12.2. The third-order valence-electron chi connectivity index (χ3n) is 3.13. The molecule has 0 spiro atoms. The number of amides is 1. The van der Waals surface area contributed by atoms with Gasteiger partial charge in [-0.05, 0) is 24.0 Å². The summed E-state index contributed by atoms with van der Waals surface area (Å²) in [4.78, 5) is 13.6. The van der Waals surface area contributed by atoms with Crippen LogP contribution in [-0.4, -0.2) is 38.7 Å². The Balaban J connectivity index is 2.06. The van der Waals surface area contributed by atoms with Gasteiger partial charge in [0.25, 0.3) is 5.91 Å². The average Bonchev–Trinajstić information content (AvgIpc) is 2.96. The van der Waals surface area contributed by atoms with E-state index in [0.717, 1.165) is 5.69 Å². The Kier molecular flexibility index (Phi) is 4.92. The van der Waals surface area contributed by atoms with Gasteiger partial charge in [0.15, 0.2) is 5.69 Å². The van der Waals surface area contributed by atoms with Crippen molar-refractivity contribution >= 4 is 5.91 Å². The van der Waals surface area contributed by atoms with Crippen LogP contribution in [0.15, 0.2) is 36.5 Å². The molecule has 0 aliphatic rings. The molecule has 1 aromatic heterocycles. The molecule has 0 radical (unpaired) electrons. The van der Waals surface area contributed by atoms with Crippen molar-refractivity contribution in [2.24, 2.45) is 5.41 Å². The Morgan fingerprint density at radius 2 is 2.00 bits per heavy atom. The van der Waals surface area contributed by atoms with Crippen LogP contribution in [0.3, 0.4) is 0 Å². The van der Waals surface area contributed by atoms with Crippen LogP contribution in [0.25, 0.3) is 5.69 Å². The van der Waals surface area contributed by atoms with Crippen molar-refractivity contribution in [2.45, 2.75) is 33.2 Å². The van der Waals surface area contributed by atoms with E-state index >= 15 is 0 Å². The topological polar surface area (TPSA) is 80.0 Å². The van der Waals surface area contributed by atoms with Crippen molar-refractivity contribution in [3.05, 3.63) is 42.2 Å². The predicted molar refractivity (Wildman–Crippen MR) is 83.8 cm³/mol. The standard InChI is InChI=1S/C16H22N4O2/c1-16(2,3)9-12(11-21)18-15(22)14-10-17-20(19-14)13-7-5-4-6-8-13/h4-8,10,12,21H,9,11H2,1-3H3,(H,18,22). The number of rotatable bonds is 5. The zero-order valence-corrected chi connectivity index (χ0v) is 13.2. The number of nitrogens with one attached hydrogen (secondary N) is 1. The van der Waals surface area contributed by atoms with E-state index in [9.17, 15) is 9.90 Å². The summed E-state index contributed by atoms with van der Waals surface area (Å²) in [5.41, 5.74) is 1.04. The van der Waals surface area contributed by atoms with Crippen molar-refractivity contribution in [3.63, 3.8) is 0 Å². The number of hydrogen-bond donors (Lipinski definition) is 2. The number of carbonyl (C=O) groups excluding carboxylic acids is 1. The Bertz CT molecular complexity index is 617. The summed E-state index contributed by atoms with van der Waals surface area (Å²) < 4.78 is 0. The molecule has 0 saturated heterocycles. The fourth-order valence-corrected chi connectivity index (χ4v) is 2.21. The molecule has 2 N–H and O–H groups in total. The predicted octanol–water partition coefficient (Wildman–Crippen LogP) is 1.79. The Morgan fingerprint density at radius 1 is 1.32 bits per heavy atom. The molecule has 0 aliphatic carbocycles. The lowest BCUT2D eigenvalue weighted by atomic mass is 9.88. The van der Waals surface area contributed by atoms with Gasteiger partial charge in [0.1, 0.15) is 0 Å². The maximum absolute atomic E-state index is 12.2. The quantitative estimate of drug-likeness (QED) is 0.882. The summed E-state index contributed by atoms with van der Waals surface area (Å²) in [6.07, 6.45) is 2.11. The molecule has 6 heteroatoms. The van der Waals surface area contributed by atoms with Crippen molar-refractivity contribution < 1.29 is 9.90 Å². The third-order valence-corrected chi connectivity index (χ3v) is 3.13. The van der Waals surface area contributed by atoms with E-state index in [4.69, 9.17) is 0 Å². The zero-order valence-electron chi connectivity index (χ0n) is 13.2. The van der Waals surface area contributed by atoms with Crippen LogP contribution in [-0.2, 0) is 0 Å². The maximum Gasteiger partial charge on any atom is 0.273 e. The highest BCUT2D eigenvalue weighted by atomic mass is 16.3. The summed E-state index contributed by atoms with van der Waals surface area (Å²) in [6, 6.07) is 9.08. The lowest BCUT2D eigenvalue weighted by molar-refractivity contribution is 0.0892. The average molecular weight is 302 g/mol. The molecule has 1 atom stereocenters. The van der Waals surface area contributed by atoms with Gasteiger partial charge in [-0.15, -0.1) is 5.10 Å². The lowest BCUT2D eigenvalue weighted by Crippen LogP contribution is -2.40. The van der Waals surface area contributed by atoms with Crippen LogP contribution in [0.2, 0.25) is 0 Å². The minimum atomic E-state index is -0.328. The third kappa shape index (κ3) is 4.39. The monoisotopic (exact) mass is 302 g/mol. The number of aliphatic hydroxyl groups is 1. The van der Waals surface area contributed by atoms with Crippen LogP contribution in [0.5, 0.6) is 0 Å². The number of carbonyl (C=O) groups is 1. The molecule has 118 valence electrons. The Labute approximate surface area is 130 Å². The van der Waals surface area contributed by atoms with E-state index in [1.54, 1.807) is 0 Å². The molecule has 6 nitrogen and oxygen atoms in total. The van der Waals surface area contributed by atoms with Crippen LogP contribution < -0.4 is 5.32 Å². The van der Waals surface area contributed by atoms with Crippen molar-refractivity contribution in [2.75, 3.05) is 6.61 Å². The first-order valence-electron chi connectivity index (χ1n) is 7.28. The molecule has 1 amide bonds. The minimum absolute atomic E-state index is 0.0162. The molecular formula is C16H22N4O2. The molecule has 0 bridgehead atoms. The van der Waals surface area contributed by atoms with Gasteiger partial charge >= 0.3 is 0 Å². The number of aliphatic hydroxyl groups excluding tert-OH is 1. The number of benzene rings is 1. The lowest BCUT2D eigenvalue weighted by Gasteiger charge is -2.25. The van der Waals surface area contributed by atoms with Crippen LogP contribution in [0.4, 0.5) is 0 Å². The van der Waals surface area contributed by atoms with Gasteiger partial charge in [-0.1, -0.05) is 39.0 Å². The van der Waals surface area contributed by atoms with Gasteiger partial charge in [0, 0.05) is 0 Å². The van der Waals surface area contributed by atoms with Gasteiger partial charge in [-0.3, -0.25) is 4.79 Å². The van der Waals surface area contributed by atoms with Gasteiger partial charge in [-0.25, -0.2) is 0 Å². The van der Waals surface area contributed by atoms with E-state index in [1.807, 2.05) is 30.3 Å². The first kappa shape index (κ1) is 16.2. The largest absolute Gasteiger partial charge is 0.394 e. The van der Waals surface area contributed by atoms with Crippen molar-refractivity contribution in [3.8, 4) is 5.69 Å². The molecule has 2 rings (SSSR count). The summed E-state index contributed by atoms with van der Waals surface area (Å²) in [6.45, 7) is 6.09. The van der Waals surface area contributed by atoms with E-state index in [0.29, 0.717) is 6.42 Å². The van der Waals surface area contributed by atoms with Crippen molar-refractivity contribution in [1.29, 1.82) is 0 Å². The van der Waals surface area contributed by atoms with Gasteiger partial charge < -0.3 is 10.4 Å². The summed E-state index contributed by atoms with van der Waals surface area (Å²) in [5.74, 6) is -0.328. The molecule has 0 saturated carbocycles. The molecule has 1 unspecified atom stereocenters. The van der Waals surface area contributed by atoms with Crippen LogP contribution in [0, 0.1) is 5.41 Å². The summed E-state index contributed by atoms with van der Waals surface area (Å²) in [7, 11) is 0. The molecule has 2 aromatic rings. The summed E-state index contributed by atoms with van der Waals surface area (Å²) >= 11 is 0. The number of para-hydroxylation sites is 1. The van der Waals surface area contributed by atoms with Crippen LogP contribution in [0.1, 0.15) is 37.7 Å². The first-order valence-corrected chi connectivity index (χ1v) is 7.28. The summed E-state index contributed by atoms with van der Waals surface area (Å²) in [5, 5.41) is 20.5. The fraction of sp³-hybridized carbons (Fsp3) is 0.438. The zero-order chi connectivity index (χ0) is 16.2. The number of hydrogen-bond acceptors (Lipinski definition) is 4. The SMILES string of the molecule is CC(C)(C)CC(CO)NC(=O)c1cnn(-c2ccccc2)n1. The van der Waals surface area contributed by atoms with E-state index < -0.39 is 0 Å². The van der Waals surface area contributed by atoms with Gasteiger partial charge in [-0.2, -0.15) is 9.90 Å². The number of nitrogens with zero attached hydrogens (tertiary/aromatic N) is 3. The van der Waals surface area contributed by atoms with Gasteiger partial charge in [0.05, 0.1) is 24.5 Å². The highest BCUT2D eigenvalue weighted by Crippen LogP contribution is 2.20. The fourth-order valence-electron chi connectivity index (χ4n) is 2.21. The first-order chi connectivity index (χ1) is 10.4. The molecule has 0 fully saturated rings. The molecule has 1 heterocycles. The second-order valence-electron chi connectivity index (χ2n) is 6.47. The number of aromatic nitrogens is 3. The Morgan fingerprint density at radius 3 is 2.59 bits per heavy atom. The second kappa shape index (κ2) is 6.70. The molecule has 0 aliphatic heterocycles. The van der Waals surface area contributed by atoms with E-state index in [1.165, 1.54) is 11.0 Å². The minimum Gasteiger partial charge on any atom is -0.394 e. The van der Waals surface area contributed by atoms with E-state index in [2.05, 4.69) is 36.3 Å². The molecule has 22 heavy (non-hydrogen) atoms. The molecular weight excluding hydrogens is 280 g/mol. The highest BCUT2D eigenvalue weighted by molar-refractivity contribution is 5.92.